The Kier molecular flexibility index (Phi) is 3.33. The number of hydrogen-bond acceptors (Lipinski definition) is 4. The average Bonchev–Trinajstić information content (AvgIpc) is 2.38. The van der Waals surface area contributed by atoms with Crippen LogP contribution in [0.15, 0.2) is 58.8 Å². The summed E-state index contributed by atoms with van der Waals surface area (Å²) in [6, 6.07) is 13.2. The molecule has 0 bridgehead atoms. The highest BCUT2D eigenvalue weighted by Crippen LogP contribution is 2.19. The SMILES string of the molecule is Nc1ccc(N=Nc2ccc(C(=O)O)cc2)cc1. The highest BCUT2D eigenvalue weighted by Gasteiger charge is 2.00. The highest BCUT2D eigenvalue weighted by atomic mass is 16.4. The third kappa shape index (κ3) is 2.91. The van der Waals surface area contributed by atoms with E-state index in [0.29, 0.717) is 17.1 Å². The Morgan fingerprint density at radius 1 is 0.889 bits per heavy atom. The fraction of sp³-hybridized carbons (Fsp3) is 0. The van der Waals surface area contributed by atoms with Crippen LogP contribution in [-0.4, -0.2) is 11.1 Å². The van der Waals surface area contributed by atoms with Crippen molar-refractivity contribution in [2.24, 2.45) is 10.2 Å². The van der Waals surface area contributed by atoms with E-state index in [-0.39, 0.29) is 5.56 Å². The molecule has 3 N–H and O–H groups in total. The van der Waals surface area contributed by atoms with Crippen LogP contribution in [-0.2, 0) is 0 Å². The first-order valence-electron chi connectivity index (χ1n) is 5.26. The van der Waals surface area contributed by atoms with Crippen molar-refractivity contribution < 1.29 is 9.90 Å². The van der Waals surface area contributed by atoms with Crippen LogP contribution < -0.4 is 5.73 Å². The molecule has 0 aliphatic carbocycles. The highest BCUT2D eigenvalue weighted by molar-refractivity contribution is 5.87. The number of carbonyl (C=O) groups is 1. The summed E-state index contributed by atoms with van der Waals surface area (Å²) < 4.78 is 0. The van der Waals surface area contributed by atoms with Gasteiger partial charge in [-0.25, -0.2) is 4.79 Å². The minimum atomic E-state index is -0.961. The van der Waals surface area contributed by atoms with Crippen LogP contribution in [0, 0.1) is 0 Å². The predicted molar refractivity (Wildman–Crippen MR) is 68.4 cm³/mol. The van der Waals surface area contributed by atoms with Crippen LogP contribution >= 0.6 is 0 Å². The van der Waals surface area contributed by atoms with E-state index in [0.717, 1.165) is 0 Å². The van der Waals surface area contributed by atoms with E-state index in [4.69, 9.17) is 10.8 Å². The summed E-state index contributed by atoms with van der Waals surface area (Å²) in [5.41, 5.74) is 7.72. The lowest BCUT2D eigenvalue weighted by Gasteiger charge is -1.96. The summed E-state index contributed by atoms with van der Waals surface area (Å²) in [7, 11) is 0. The van der Waals surface area contributed by atoms with Gasteiger partial charge in [0, 0.05) is 5.69 Å². The van der Waals surface area contributed by atoms with E-state index < -0.39 is 5.97 Å². The monoisotopic (exact) mass is 241 g/mol. The lowest BCUT2D eigenvalue weighted by atomic mass is 10.2. The first kappa shape index (κ1) is 11.8. The number of azo groups is 1. The van der Waals surface area contributed by atoms with Gasteiger partial charge in [-0.3, -0.25) is 0 Å². The molecule has 0 saturated carbocycles. The topological polar surface area (TPSA) is 88.0 Å². The largest absolute Gasteiger partial charge is 0.478 e. The zero-order chi connectivity index (χ0) is 13.0. The van der Waals surface area contributed by atoms with Crippen molar-refractivity contribution >= 4 is 23.0 Å². The van der Waals surface area contributed by atoms with Gasteiger partial charge in [0.25, 0.3) is 0 Å². The van der Waals surface area contributed by atoms with Gasteiger partial charge in [-0.1, -0.05) is 0 Å². The van der Waals surface area contributed by atoms with Gasteiger partial charge >= 0.3 is 5.97 Å². The molecule has 0 atom stereocenters. The molecule has 2 rings (SSSR count). The fourth-order valence-corrected chi connectivity index (χ4v) is 1.33. The van der Waals surface area contributed by atoms with E-state index >= 15 is 0 Å². The molecule has 0 spiro atoms. The van der Waals surface area contributed by atoms with Crippen molar-refractivity contribution in [1.29, 1.82) is 0 Å². The first-order chi connectivity index (χ1) is 8.65. The Morgan fingerprint density at radius 3 is 1.78 bits per heavy atom. The summed E-state index contributed by atoms with van der Waals surface area (Å²) in [6.45, 7) is 0. The average molecular weight is 241 g/mol. The van der Waals surface area contributed by atoms with Gasteiger partial charge in [-0.15, -0.1) is 0 Å². The molecule has 5 heteroatoms. The van der Waals surface area contributed by atoms with Crippen molar-refractivity contribution in [3.8, 4) is 0 Å². The van der Waals surface area contributed by atoms with Gasteiger partial charge in [0.2, 0.25) is 0 Å². The Balaban J connectivity index is 2.13. The van der Waals surface area contributed by atoms with Gasteiger partial charge in [0.05, 0.1) is 16.9 Å². The second-order valence-corrected chi connectivity index (χ2v) is 3.64. The van der Waals surface area contributed by atoms with E-state index in [1.807, 2.05) is 0 Å². The minimum Gasteiger partial charge on any atom is -0.478 e. The maximum absolute atomic E-state index is 10.7. The number of carboxylic acids is 1. The number of benzene rings is 2. The smallest absolute Gasteiger partial charge is 0.335 e. The summed E-state index contributed by atoms with van der Waals surface area (Å²) >= 11 is 0. The van der Waals surface area contributed by atoms with E-state index in [1.54, 1.807) is 36.4 Å². The van der Waals surface area contributed by atoms with Gasteiger partial charge < -0.3 is 10.8 Å². The van der Waals surface area contributed by atoms with Crippen molar-refractivity contribution in [1.82, 2.24) is 0 Å². The van der Waals surface area contributed by atoms with Crippen molar-refractivity contribution in [2.45, 2.75) is 0 Å². The maximum Gasteiger partial charge on any atom is 0.335 e. The molecule has 0 aromatic heterocycles. The Morgan fingerprint density at radius 2 is 1.33 bits per heavy atom. The van der Waals surface area contributed by atoms with E-state index in [1.165, 1.54) is 12.1 Å². The lowest BCUT2D eigenvalue weighted by molar-refractivity contribution is 0.0697. The Bertz CT molecular complexity index is 574. The number of carboxylic acid groups (broad SMARTS) is 1. The van der Waals surface area contributed by atoms with Gasteiger partial charge in [-0.2, -0.15) is 10.2 Å². The molecule has 2 aromatic carbocycles. The van der Waals surface area contributed by atoms with Crippen LogP contribution in [0.3, 0.4) is 0 Å². The molecule has 2 aromatic rings. The predicted octanol–water partition coefficient (Wildman–Crippen LogP) is 3.38. The fourth-order valence-electron chi connectivity index (χ4n) is 1.33. The molecule has 5 nitrogen and oxygen atoms in total. The van der Waals surface area contributed by atoms with Crippen LogP contribution in [0.5, 0.6) is 0 Å². The second kappa shape index (κ2) is 5.09. The third-order valence-corrected chi connectivity index (χ3v) is 2.29. The molecule has 0 saturated heterocycles. The molecule has 18 heavy (non-hydrogen) atoms. The van der Waals surface area contributed by atoms with Gasteiger partial charge in [0.15, 0.2) is 0 Å². The Hall–Kier alpha value is -2.69. The van der Waals surface area contributed by atoms with Gasteiger partial charge in [-0.05, 0) is 48.5 Å². The van der Waals surface area contributed by atoms with Crippen LogP contribution in [0.1, 0.15) is 10.4 Å². The van der Waals surface area contributed by atoms with Crippen LogP contribution in [0.4, 0.5) is 17.1 Å². The van der Waals surface area contributed by atoms with Gasteiger partial charge in [0.1, 0.15) is 0 Å². The number of nitrogen functional groups attached to an aromatic ring is 1. The molecule has 0 unspecified atom stereocenters. The Labute approximate surface area is 104 Å². The maximum atomic E-state index is 10.7. The molecular weight excluding hydrogens is 230 g/mol. The number of aromatic carboxylic acids is 1. The summed E-state index contributed by atoms with van der Waals surface area (Å²) in [6.07, 6.45) is 0. The number of rotatable bonds is 3. The van der Waals surface area contributed by atoms with Crippen LogP contribution in [0.25, 0.3) is 0 Å². The first-order valence-corrected chi connectivity index (χ1v) is 5.26. The quantitative estimate of drug-likeness (QED) is 0.637. The zero-order valence-corrected chi connectivity index (χ0v) is 9.45. The van der Waals surface area contributed by atoms with Crippen molar-refractivity contribution in [3.63, 3.8) is 0 Å². The second-order valence-electron chi connectivity index (χ2n) is 3.64. The normalized spacial score (nSPS) is 10.7. The summed E-state index contributed by atoms with van der Waals surface area (Å²) in [4.78, 5) is 10.7. The molecule has 0 aliphatic heterocycles. The number of anilines is 1. The van der Waals surface area contributed by atoms with E-state index in [9.17, 15) is 4.79 Å². The zero-order valence-electron chi connectivity index (χ0n) is 9.45. The standard InChI is InChI=1S/C13H11N3O2/c14-10-3-7-12(8-4-10)16-15-11-5-1-9(2-6-11)13(17)18/h1-8H,14H2,(H,17,18). The minimum absolute atomic E-state index is 0.224. The number of nitrogens with zero attached hydrogens (tertiary/aromatic N) is 2. The molecule has 0 fully saturated rings. The molecule has 0 radical (unpaired) electrons. The van der Waals surface area contributed by atoms with Crippen molar-refractivity contribution in [3.05, 3.63) is 54.1 Å². The molecule has 0 aliphatic rings. The van der Waals surface area contributed by atoms with E-state index in [2.05, 4.69) is 10.2 Å². The molecule has 0 heterocycles. The summed E-state index contributed by atoms with van der Waals surface area (Å²) in [5.74, 6) is -0.961. The lowest BCUT2D eigenvalue weighted by Crippen LogP contribution is -1.93. The number of nitrogens with two attached hydrogens (primary N) is 1. The third-order valence-electron chi connectivity index (χ3n) is 2.29. The summed E-state index contributed by atoms with van der Waals surface area (Å²) in [5, 5.41) is 16.8. The molecule has 90 valence electrons. The van der Waals surface area contributed by atoms with Crippen LogP contribution in [0.2, 0.25) is 0 Å². The molecular formula is C13H11N3O2. The molecule has 0 amide bonds. The number of hydrogen-bond donors (Lipinski definition) is 2. The van der Waals surface area contributed by atoms with Crippen molar-refractivity contribution in [2.75, 3.05) is 5.73 Å².